The molecule has 0 radical (unpaired) electrons. The van der Waals surface area contributed by atoms with Crippen molar-refractivity contribution in [3.8, 4) is 0 Å². The molecular formula is C18H34N2O. The molecule has 0 aromatic heterocycles. The van der Waals surface area contributed by atoms with Crippen LogP contribution < -0.4 is 5.32 Å². The van der Waals surface area contributed by atoms with Crippen molar-refractivity contribution < 1.29 is 4.74 Å². The Bertz CT molecular complexity index is 310. The van der Waals surface area contributed by atoms with Crippen molar-refractivity contribution in [2.75, 3.05) is 39.9 Å². The Morgan fingerprint density at radius 2 is 1.95 bits per heavy atom. The molecule has 3 heteroatoms. The van der Waals surface area contributed by atoms with Crippen LogP contribution in [0, 0.1) is 11.3 Å². The second kappa shape index (κ2) is 7.43. The smallest absolute Gasteiger partial charge is 0.0468 e. The first-order valence-corrected chi connectivity index (χ1v) is 9.26. The molecule has 1 heterocycles. The fourth-order valence-corrected chi connectivity index (χ4v) is 4.48. The fraction of sp³-hybridized carbons (Fsp3) is 1.00. The summed E-state index contributed by atoms with van der Waals surface area (Å²) in [5, 5.41) is 3.86. The van der Waals surface area contributed by atoms with E-state index in [2.05, 4.69) is 10.2 Å². The largest absolute Gasteiger partial charge is 0.385 e. The fourth-order valence-electron chi connectivity index (χ4n) is 4.48. The van der Waals surface area contributed by atoms with E-state index in [9.17, 15) is 0 Å². The second-order valence-corrected chi connectivity index (χ2v) is 7.79. The van der Waals surface area contributed by atoms with Gasteiger partial charge in [0, 0.05) is 32.8 Å². The van der Waals surface area contributed by atoms with E-state index in [1.807, 2.05) is 7.11 Å². The number of rotatable bonds is 6. The minimum absolute atomic E-state index is 0.609. The molecule has 2 aliphatic carbocycles. The maximum absolute atomic E-state index is 5.32. The topological polar surface area (TPSA) is 24.5 Å². The first-order valence-electron chi connectivity index (χ1n) is 9.26. The molecule has 0 bridgehead atoms. The molecule has 3 nitrogen and oxygen atoms in total. The van der Waals surface area contributed by atoms with Crippen LogP contribution in [0.3, 0.4) is 0 Å². The standard InChI is InChI=1S/C18H34N2O/c1-21-13-10-18(8-9-18)15-20-12-5-11-19-17(14-20)16-6-3-2-4-7-16/h16-17,19H,2-15H2,1H3. The van der Waals surface area contributed by atoms with Gasteiger partial charge in [0.2, 0.25) is 0 Å². The predicted molar refractivity (Wildman–Crippen MR) is 87.6 cm³/mol. The zero-order chi connectivity index (χ0) is 14.5. The van der Waals surface area contributed by atoms with E-state index in [4.69, 9.17) is 4.74 Å². The zero-order valence-corrected chi connectivity index (χ0v) is 13.9. The lowest BCUT2D eigenvalue weighted by atomic mass is 9.83. The molecule has 21 heavy (non-hydrogen) atoms. The summed E-state index contributed by atoms with van der Waals surface area (Å²) in [6.07, 6.45) is 12.7. The molecule has 0 spiro atoms. The van der Waals surface area contributed by atoms with Gasteiger partial charge in [-0.3, -0.25) is 0 Å². The summed E-state index contributed by atoms with van der Waals surface area (Å²) in [6, 6.07) is 0.756. The van der Waals surface area contributed by atoms with Crippen LogP contribution in [-0.4, -0.2) is 50.8 Å². The molecule has 3 fully saturated rings. The van der Waals surface area contributed by atoms with Crippen LogP contribution in [0.1, 0.15) is 57.8 Å². The lowest BCUT2D eigenvalue weighted by Gasteiger charge is -2.34. The highest BCUT2D eigenvalue weighted by Gasteiger charge is 2.43. The lowest BCUT2D eigenvalue weighted by Crippen LogP contribution is -2.45. The molecule has 0 amide bonds. The van der Waals surface area contributed by atoms with Crippen molar-refractivity contribution in [2.45, 2.75) is 63.8 Å². The van der Waals surface area contributed by atoms with Gasteiger partial charge in [-0.25, -0.2) is 0 Å². The normalized spacial score (nSPS) is 31.0. The first-order chi connectivity index (χ1) is 10.3. The Kier molecular flexibility index (Phi) is 5.58. The average Bonchev–Trinajstić information content (AvgIpc) is 3.31. The average molecular weight is 294 g/mol. The Balaban J connectivity index is 1.52. The van der Waals surface area contributed by atoms with E-state index in [1.54, 1.807) is 0 Å². The highest BCUT2D eigenvalue weighted by Crippen LogP contribution is 2.49. The Morgan fingerprint density at radius 3 is 2.67 bits per heavy atom. The van der Waals surface area contributed by atoms with Crippen molar-refractivity contribution in [3.05, 3.63) is 0 Å². The summed E-state index contributed by atoms with van der Waals surface area (Å²) in [5.74, 6) is 0.938. The number of nitrogens with zero attached hydrogens (tertiary/aromatic N) is 1. The van der Waals surface area contributed by atoms with Gasteiger partial charge >= 0.3 is 0 Å². The highest BCUT2D eigenvalue weighted by molar-refractivity contribution is 4.96. The van der Waals surface area contributed by atoms with Gasteiger partial charge in [-0.1, -0.05) is 19.3 Å². The maximum atomic E-state index is 5.32. The molecule has 1 aliphatic heterocycles. The van der Waals surface area contributed by atoms with Gasteiger partial charge < -0.3 is 15.0 Å². The van der Waals surface area contributed by atoms with E-state index in [-0.39, 0.29) is 0 Å². The van der Waals surface area contributed by atoms with Crippen LogP contribution in [0.25, 0.3) is 0 Å². The Morgan fingerprint density at radius 1 is 1.14 bits per heavy atom. The van der Waals surface area contributed by atoms with Gasteiger partial charge in [0.25, 0.3) is 0 Å². The summed E-state index contributed by atoms with van der Waals surface area (Å²) < 4.78 is 5.32. The molecular weight excluding hydrogens is 260 g/mol. The summed E-state index contributed by atoms with van der Waals surface area (Å²) in [6.45, 7) is 6.08. The Hall–Kier alpha value is -0.120. The minimum Gasteiger partial charge on any atom is -0.385 e. The molecule has 0 aromatic rings. The van der Waals surface area contributed by atoms with Crippen molar-refractivity contribution in [1.82, 2.24) is 10.2 Å². The van der Waals surface area contributed by atoms with Crippen molar-refractivity contribution >= 4 is 0 Å². The quantitative estimate of drug-likeness (QED) is 0.815. The summed E-state index contributed by atoms with van der Waals surface area (Å²) >= 11 is 0. The predicted octanol–water partition coefficient (Wildman–Crippen LogP) is 3.05. The second-order valence-electron chi connectivity index (χ2n) is 7.79. The van der Waals surface area contributed by atoms with Crippen LogP contribution in [-0.2, 0) is 4.74 Å². The number of methoxy groups -OCH3 is 1. The first kappa shape index (κ1) is 15.8. The molecule has 122 valence electrons. The third-order valence-corrected chi connectivity index (χ3v) is 6.08. The molecule has 3 aliphatic rings. The highest BCUT2D eigenvalue weighted by atomic mass is 16.5. The van der Waals surface area contributed by atoms with Crippen molar-refractivity contribution in [1.29, 1.82) is 0 Å². The monoisotopic (exact) mass is 294 g/mol. The van der Waals surface area contributed by atoms with Crippen LogP contribution in [0.5, 0.6) is 0 Å². The molecule has 1 unspecified atom stereocenters. The van der Waals surface area contributed by atoms with Crippen molar-refractivity contribution in [2.24, 2.45) is 11.3 Å². The van der Waals surface area contributed by atoms with Crippen molar-refractivity contribution in [3.63, 3.8) is 0 Å². The molecule has 1 N–H and O–H groups in total. The zero-order valence-electron chi connectivity index (χ0n) is 13.9. The van der Waals surface area contributed by atoms with E-state index >= 15 is 0 Å². The van der Waals surface area contributed by atoms with Gasteiger partial charge in [-0.2, -0.15) is 0 Å². The maximum Gasteiger partial charge on any atom is 0.0468 e. The molecule has 2 saturated carbocycles. The molecule has 0 aromatic carbocycles. The van der Waals surface area contributed by atoms with E-state index < -0.39 is 0 Å². The molecule has 1 saturated heterocycles. The van der Waals surface area contributed by atoms with Crippen LogP contribution in [0.4, 0.5) is 0 Å². The summed E-state index contributed by atoms with van der Waals surface area (Å²) in [7, 11) is 1.84. The lowest BCUT2D eigenvalue weighted by molar-refractivity contribution is 0.138. The van der Waals surface area contributed by atoms with Crippen LogP contribution in [0.2, 0.25) is 0 Å². The van der Waals surface area contributed by atoms with Gasteiger partial charge in [0.15, 0.2) is 0 Å². The van der Waals surface area contributed by atoms with Crippen LogP contribution in [0.15, 0.2) is 0 Å². The third-order valence-electron chi connectivity index (χ3n) is 6.08. The van der Waals surface area contributed by atoms with E-state index in [0.717, 1.165) is 18.6 Å². The van der Waals surface area contributed by atoms with E-state index in [1.165, 1.54) is 84.0 Å². The number of hydrogen-bond donors (Lipinski definition) is 1. The van der Waals surface area contributed by atoms with E-state index in [0.29, 0.717) is 5.41 Å². The van der Waals surface area contributed by atoms with Crippen LogP contribution >= 0.6 is 0 Å². The van der Waals surface area contributed by atoms with Gasteiger partial charge in [0.1, 0.15) is 0 Å². The number of hydrogen-bond acceptors (Lipinski definition) is 3. The SMILES string of the molecule is COCCC1(CN2CCCNC(C3CCCCC3)C2)CC1. The summed E-state index contributed by atoms with van der Waals surface area (Å²) in [4.78, 5) is 2.78. The number of nitrogens with one attached hydrogen (secondary N) is 1. The van der Waals surface area contributed by atoms with Gasteiger partial charge in [0.05, 0.1) is 0 Å². The van der Waals surface area contributed by atoms with Gasteiger partial charge in [-0.05, 0) is 62.9 Å². The number of ether oxygens (including phenoxy) is 1. The van der Waals surface area contributed by atoms with Gasteiger partial charge in [-0.15, -0.1) is 0 Å². The Labute approximate surface area is 130 Å². The molecule has 1 atom stereocenters. The third kappa shape index (κ3) is 4.43. The minimum atomic E-state index is 0.609. The summed E-state index contributed by atoms with van der Waals surface area (Å²) in [5.41, 5.74) is 0.609. The molecule has 3 rings (SSSR count).